The van der Waals surface area contributed by atoms with Crippen molar-refractivity contribution < 1.29 is 13.2 Å². The van der Waals surface area contributed by atoms with Gasteiger partial charge in [-0.2, -0.15) is 0 Å². The van der Waals surface area contributed by atoms with Crippen LogP contribution in [0.5, 0.6) is 0 Å². The van der Waals surface area contributed by atoms with E-state index in [4.69, 9.17) is 11.6 Å². The number of aromatic nitrogens is 1. The molecule has 0 saturated heterocycles. The van der Waals surface area contributed by atoms with Crippen molar-refractivity contribution in [3.8, 4) is 0 Å². The van der Waals surface area contributed by atoms with Crippen molar-refractivity contribution in [2.45, 2.75) is 17.2 Å². The number of amides is 1. The third-order valence-electron chi connectivity index (χ3n) is 4.16. The van der Waals surface area contributed by atoms with E-state index in [0.717, 1.165) is 5.52 Å². The van der Waals surface area contributed by atoms with Gasteiger partial charge in [0.15, 0.2) is 9.84 Å². The second kappa shape index (κ2) is 7.13. The molecule has 0 aliphatic carbocycles. The Morgan fingerprint density at radius 1 is 1.08 bits per heavy atom. The van der Waals surface area contributed by atoms with Gasteiger partial charge in [0.2, 0.25) is 5.91 Å². The number of carbonyl (C=O) groups excluding carboxylic acids is 1. The van der Waals surface area contributed by atoms with Crippen molar-refractivity contribution in [3.05, 3.63) is 65.3 Å². The first-order valence-electron chi connectivity index (χ1n) is 8.03. The van der Waals surface area contributed by atoms with Crippen LogP contribution in [-0.4, -0.2) is 37.9 Å². The minimum absolute atomic E-state index is 0.0873. The molecule has 0 bridgehead atoms. The molecule has 0 unspecified atom stereocenters. The number of hydrogen-bond donors (Lipinski definition) is 0. The van der Waals surface area contributed by atoms with E-state index in [9.17, 15) is 13.2 Å². The van der Waals surface area contributed by atoms with Gasteiger partial charge in [-0.05, 0) is 23.8 Å². The van der Waals surface area contributed by atoms with E-state index in [0.29, 0.717) is 16.0 Å². The normalized spacial score (nSPS) is 11.7. The van der Waals surface area contributed by atoms with Gasteiger partial charge in [0.05, 0.1) is 10.6 Å². The number of carbonyl (C=O) groups is 1. The van der Waals surface area contributed by atoms with Gasteiger partial charge in [0, 0.05) is 36.2 Å². The lowest BCUT2D eigenvalue weighted by Gasteiger charge is -2.11. The van der Waals surface area contributed by atoms with Crippen LogP contribution in [0.25, 0.3) is 10.9 Å². The number of fused-ring (bicyclic) bond motifs is 1. The van der Waals surface area contributed by atoms with E-state index in [1.807, 2.05) is 12.1 Å². The van der Waals surface area contributed by atoms with Crippen LogP contribution in [-0.2, 0) is 26.9 Å². The van der Waals surface area contributed by atoms with Crippen LogP contribution < -0.4 is 0 Å². The van der Waals surface area contributed by atoms with Gasteiger partial charge in [-0.15, -0.1) is 0 Å². The van der Waals surface area contributed by atoms with Crippen LogP contribution in [0.3, 0.4) is 0 Å². The van der Waals surface area contributed by atoms with Crippen LogP contribution >= 0.6 is 11.6 Å². The van der Waals surface area contributed by atoms with Crippen LogP contribution in [0.1, 0.15) is 5.56 Å². The Kier molecular flexibility index (Phi) is 5.07. The number of halogens is 1. The number of likely N-dealkylation sites (N-methyl/N-ethyl adjacent to an activating group) is 1. The Labute approximate surface area is 157 Å². The lowest BCUT2D eigenvalue weighted by Crippen LogP contribution is -2.25. The van der Waals surface area contributed by atoms with E-state index < -0.39 is 9.84 Å². The predicted octanol–water partition coefficient (Wildman–Crippen LogP) is 3.36. The fraction of sp³-hybridized carbons (Fsp3) is 0.211. The average molecular weight is 391 g/mol. The Morgan fingerprint density at radius 3 is 2.38 bits per heavy atom. The molecule has 0 spiro atoms. The van der Waals surface area contributed by atoms with E-state index in [1.54, 1.807) is 61.3 Å². The molecule has 26 heavy (non-hydrogen) atoms. The lowest BCUT2D eigenvalue weighted by atomic mass is 10.2. The Morgan fingerprint density at radius 2 is 1.73 bits per heavy atom. The highest BCUT2D eigenvalue weighted by Crippen LogP contribution is 2.28. The van der Waals surface area contributed by atoms with Gasteiger partial charge in [0.1, 0.15) is 6.54 Å². The van der Waals surface area contributed by atoms with E-state index in [-0.39, 0.29) is 23.1 Å². The van der Waals surface area contributed by atoms with Gasteiger partial charge < -0.3 is 9.47 Å². The summed E-state index contributed by atoms with van der Waals surface area (Å²) in [5.74, 6) is -0.229. The first-order valence-corrected chi connectivity index (χ1v) is 10.1. The number of para-hydroxylation sites is 1. The molecule has 3 rings (SSSR count). The van der Waals surface area contributed by atoms with Crippen molar-refractivity contribution in [2.24, 2.45) is 0 Å². The standard InChI is InChI=1S/C19H19ClN2O3S/c1-21(2)19(23)12-22-11-18(16-5-3-4-6-17(16)22)26(24,25)13-14-7-9-15(20)10-8-14/h3-11H,12-13H2,1-2H3. The highest BCUT2D eigenvalue weighted by molar-refractivity contribution is 7.90. The first kappa shape index (κ1) is 18.5. The molecule has 0 fully saturated rings. The number of nitrogens with zero attached hydrogens (tertiary/aromatic N) is 2. The Bertz CT molecular complexity index is 1050. The van der Waals surface area contributed by atoms with Crippen LogP contribution in [0.15, 0.2) is 59.6 Å². The molecule has 1 heterocycles. The summed E-state index contributed by atoms with van der Waals surface area (Å²) in [6.45, 7) is 0.0873. The fourth-order valence-electron chi connectivity index (χ4n) is 2.76. The molecule has 0 saturated carbocycles. The Balaban J connectivity index is 2.03. The quantitative estimate of drug-likeness (QED) is 0.671. The molecule has 3 aromatic rings. The van der Waals surface area contributed by atoms with Crippen molar-refractivity contribution in [1.29, 1.82) is 0 Å². The summed E-state index contributed by atoms with van der Waals surface area (Å²) < 4.78 is 27.7. The monoisotopic (exact) mass is 390 g/mol. The number of benzene rings is 2. The van der Waals surface area contributed by atoms with Gasteiger partial charge in [-0.1, -0.05) is 41.9 Å². The van der Waals surface area contributed by atoms with Crippen molar-refractivity contribution in [3.63, 3.8) is 0 Å². The number of sulfone groups is 1. The summed E-state index contributed by atoms with van der Waals surface area (Å²) in [7, 11) is -0.231. The molecule has 1 aromatic heterocycles. The SMILES string of the molecule is CN(C)C(=O)Cn1cc(S(=O)(=O)Cc2ccc(Cl)cc2)c2ccccc21. The third-order valence-corrected chi connectivity index (χ3v) is 6.12. The van der Waals surface area contributed by atoms with E-state index in [1.165, 1.54) is 4.90 Å². The highest BCUT2D eigenvalue weighted by Gasteiger charge is 2.22. The summed E-state index contributed by atoms with van der Waals surface area (Å²) >= 11 is 5.87. The topological polar surface area (TPSA) is 59.4 Å². The number of rotatable bonds is 5. The van der Waals surface area contributed by atoms with Crippen molar-refractivity contribution in [1.82, 2.24) is 9.47 Å². The van der Waals surface area contributed by atoms with Crippen molar-refractivity contribution in [2.75, 3.05) is 14.1 Å². The average Bonchev–Trinajstić information content (AvgIpc) is 2.96. The molecule has 7 heteroatoms. The summed E-state index contributed by atoms with van der Waals surface area (Å²) in [6.07, 6.45) is 1.55. The summed E-state index contributed by atoms with van der Waals surface area (Å²) in [4.78, 5) is 13.8. The van der Waals surface area contributed by atoms with Crippen LogP contribution in [0.2, 0.25) is 5.02 Å². The maximum absolute atomic E-state index is 13.0. The molecule has 2 aromatic carbocycles. The molecule has 0 radical (unpaired) electrons. The molecule has 136 valence electrons. The molecular formula is C19H19ClN2O3S. The van der Waals surface area contributed by atoms with Crippen LogP contribution in [0.4, 0.5) is 0 Å². The van der Waals surface area contributed by atoms with Crippen molar-refractivity contribution >= 4 is 38.2 Å². The zero-order chi connectivity index (χ0) is 18.9. The third kappa shape index (κ3) is 3.76. The molecule has 0 atom stereocenters. The molecule has 0 aliphatic rings. The predicted molar refractivity (Wildman–Crippen MR) is 103 cm³/mol. The minimum Gasteiger partial charge on any atom is -0.347 e. The summed E-state index contributed by atoms with van der Waals surface area (Å²) in [6, 6.07) is 14.0. The number of hydrogen-bond acceptors (Lipinski definition) is 3. The maximum atomic E-state index is 13.0. The van der Waals surface area contributed by atoms with E-state index in [2.05, 4.69) is 0 Å². The fourth-order valence-corrected chi connectivity index (χ4v) is 4.46. The zero-order valence-corrected chi connectivity index (χ0v) is 16.1. The van der Waals surface area contributed by atoms with Gasteiger partial charge in [-0.25, -0.2) is 8.42 Å². The van der Waals surface area contributed by atoms with Gasteiger partial charge in [0.25, 0.3) is 0 Å². The van der Waals surface area contributed by atoms with Gasteiger partial charge >= 0.3 is 0 Å². The lowest BCUT2D eigenvalue weighted by molar-refractivity contribution is -0.129. The maximum Gasteiger partial charge on any atom is 0.241 e. The second-order valence-corrected chi connectivity index (χ2v) is 8.71. The van der Waals surface area contributed by atoms with Gasteiger partial charge in [-0.3, -0.25) is 4.79 Å². The highest BCUT2D eigenvalue weighted by atomic mass is 35.5. The Hall–Kier alpha value is -2.31. The zero-order valence-electron chi connectivity index (χ0n) is 14.5. The molecule has 5 nitrogen and oxygen atoms in total. The van der Waals surface area contributed by atoms with E-state index >= 15 is 0 Å². The smallest absolute Gasteiger partial charge is 0.241 e. The molecule has 0 N–H and O–H groups in total. The molecule has 0 aliphatic heterocycles. The minimum atomic E-state index is -3.58. The second-order valence-electron chi connectivity index (χ2n) is 6.31. The molecule has 1 amide bonds. The molecular weight excluding hydrogens is 372 g/mol. The van der Waals surface area contributed by atoms with Crippen LogP contribution in [0, 0.1) is 0 Å². The first-order chi connectivity index (χ1) is 12.3. The largest absolute Gasteiger partial charge is 0.347 e. The summed E-state index contributed by atoms with van der Waals surface area (Å²) in [5.41, 5.74) is 1.38. The summed E-state index contributed by atoms with van der Waals surface area (Å²) in [5, 5.41) is 1.18.